The average molecular weight is 184 g/mol. The first kappa shape index (κ1) is 10.3. The van der Waals surface area contributed by atoms with Gasteiger partial charge in [0.15, 0.2) is 0 Å². The van der Waals surface area contributed by atoms with E-state index < -0.39 is 12.0 Å². The molecule has 0 spiro atoms. The maximum Gasteiger partial charge on any atom is 0.311 e. The molecule has 74 valence electrons. The Bertz CT molecular complexity index is 234. The summed E-state index contributed by atoms with van der Waals surface area (Å²) in [5.74, 6) is -0.825. The molecule has 3 nitrogen and oxygen atoms in total. The first-order chi connectivity index (χ1) is 5.95. The number of esters is 1. The Labute approximate surface area is 78.4 Å². The molecule has 1 aliphatic heterocycles. The Kier molecular flexibility index (Phi) is 2.76. The Morgan fingerprint density at radius 2 is 2.08 bits per heavy atom. The van der Waals surface area contributed by atoms with E-state index in [1.165, 1.54) is 0 Å². The minimum atomic E-state index is -0.622. The fourth-order valence-electron chi connectivity index (χ4n) is 1.66. The molecule has 1 N–H and O–H groups in total. The highest BCUT2D eigenvalue weighted by Gasteiger charge is 2.40. The van der Waals surface area contributed by atoms with Crippen LogP contribution in [0, 0.1) is 11.8 Å². The monoisotopic (exact) mass is 184 g/mol. The van der Waals surface area contributed by atoms with Gasteiger partial charge in [-0.2, -0.15) is 0 Å². The minimum absolute atomic E-state index is 0.0646. The van der Waals surface area contributed by atoms with Crippen LogP contribution < -0.4 is 0 Å². The number of ether oxygens (including phenoxy) is 1. The van der Waals surface area contributed by atoms with Gasteiger partial charge in [0.25, 0.3) is 0 Å². The van der Waals surface area contributed by atoms with Gasteiger partial charge in [-0.15, -0.1) is 0 Å². The second kappa shape index (κ2) is 3.50. The minimum Gasteiger partial charge on any atom is -0.457 e. The Balaban J connectivity index is 2.82. The molecule has 0 aliphatic carbocycles. The van der Waals surface area contributed by atoms with Crippen molar-refractivity contribution < 1.29 is 14.6 Å². The van der Waals surface area contributed by atoms with Crippen molar-refractivity contribution >= 4 is 5.97 Å². The molecular formula is C10H16O3. The van der Waals surface area contributed by atoms with Crippen LogP contribution in [0.5, 0.6) is 0 Å². The molecule has 0 aromatic rings. The molecule has 0 radical (unpaired) electrons. The van der Waals surface area contributed by atoms with Gasteiger partial charge in [0.2, 0.25) is 0 Å². The summed E-state index contributed by atoms with van der Waals surface area (Å²) in [6, 6.07) is 0. The summed E-state index contributed by atoms with van der Waals surface area (Å²) in [5.41, 5.74) is 0.784. The van der Waals surface area contributed by atoms with Crippen molar-refractivity contribution in [3.05, 3.63) is 12.2 Å². The molecule has 1 fully saturated rings. The molecule has 0 unspecified atom stereocenters. The van der Waals surface area contributed by atoms with E-state index in [2.05, 4.69) is 6.58 Å². The van der Waals surface area contributed by atoms with Crippen LogP contribution in [0.2, 0.25) is 0 Å². The molecule has 0 aromatic carbocycles. The summed E-state index contributed by atoms with van der Waals surface area (Å²) in [5, 5.41) is 9.69. The van der Waals surface area contributed by atoms with Crippen molar-refractivity contribution in [2.75, 3.05) is 0 Å². The Morgan fingerprint density at radius 3 is 2.54 bits per heavy atom. The highest BCUT2D eigenvalue weighted by atomic mass is 16.5. The van der Waals surface area contributed by atoms with Gasteiger partial charge in [0.05, 0.1) is 12.0 Å². The molecule has 1 saturated heterocycles. The smallest absolute Gasteiger partial charge is 0.311 e. The summed E-state index contributed by atoms with van der Waals surface area (Å²) in [7, 11) is 0. The van der Waals surface area contributed by atoms with Crippen LogP contribution >= 0.6 is 0 Å². The molecule has 4 atom stereocenters. The van der Waals surface area contributed by atoms with Crippen LogP contribution in [0.4, 0.5) is 0 Å². The SMILES string of the molecule is C=C(C)[C@H]1OC(=O)[C@H](C)[C@H](O)[C@H]1C. The van der Waals surface area contributed by atoms with Gasteiger partial charge in [0.1, 0.15) is 6.10 Å². The predicted molar refractivity (Wildman–Crippen MR) is 49.0 cm³/mol. The van der Waals surface area contributed by atoms with E-state index in [4.69, 9.17) is 4.74 Å². The van der Waals surface area contributed by atoms with E-state index in [9.17, 15) is 9.90 Å². The third kappa shape index (κ3) is 1.75. The van der Waals surface area contributed by atoms with Crippen molar-refractivity contribution in [2.45, 2.75) is 33.0 Å². The fourth-order valence-corrected chi connectivity index (χ4v) is 1.66. The van der Waals surface area contributed by atoms with Gasteiger partial charge in [-0.25, -0.2) is 0 Å². The van der Waals surface area contributed by atoms with Crippen molar-refractivity contribution in [3.8, 4) is 0 Å². The molecule has 1 aliphatic rings. The zero-order valence-electron chi connectivity index (χ0n) is 8.28. The van der Waals surface area contributed by atoms with Crippen LogP contribution in [0.3, 0.4) is 0 Å². The van der Waals surface area contributed by atoms with Gasteiger partial charge in [-0.1, -0.05) is 13.5 Å². The molecule has 0 bridgehead atoms. The van der Waals surface area contributed by atoms with Crippen LogP contribution in [0.25, 0.3) is 0 Å². The van der Waals surface area contributed by atoms with E-state index in [0.29, 0.717) is 0 Å². The quantitative estimate of drug-likeness (QED) is 0.490. The Hall–Kier alpha value is -0.830. The Morgan fingerprint density at radius 1 is 1.54 bits per heavy atom. The van der Waals surface area contributed by atoms with Crippen molar-refractivity contribution in [1.29, 1.82) is 0 Å². The van der Waals surface area contributed by atoms with Crippen LogP contribution in [-0.2, 0) is 9.53 Å². The topological polar surface area (TPSA) is 46.5 Å². The third-order valence-corrected chi connectivity index (χ3v) is 2.63. The molecule has 0 aromatic heterocycles. The number of rotatable bonds is 1. The molecule has 13 heavy (non-hydrogen) atoms. The summed E-state index contributed by atoms with van der Waals surface area (Å²) < 4.78 is 5.14. The lowest BCUT2D eigenvalue weighted by Crippen LogP contribution is -2.46. The van der Waals surface area contributed by atoms with Gasteiger partial charge in [0, 0.05) is 5.92 Å². The highest BCUT2D eigenvalue weighted by molar-refractivity contribution is 5.74. The number of aliphatic hydroxyl groups excluding tert-OH is 1. The van der Waals surface area contributed by atoms with E-state index in [1.54, 1.807) is 13.8 Å². The van der Waals surface area contributed by atoms with Gasteiger partial charge >= 0.3 is 5.97 Å². The number of aliphatic hydroxyl groups is 1. The first-order valence-corrected chi connectivity index (χ1v) is 4.49. The normalized spacial score (nSPS) is 39.8. The third-order valence-electron chi connectivity index (χ3n) is 2.63. The maximum atomic E-state index is 11.2. The average Bonchev–Trinajstić information content (AvgIpc) is 2.07. The van der Waals surface area contributed by atoms with Gasteiger partial charge in [-0.05, 0) is 19.4 Å². The molecule has 3 heteroatoms. The van der Waals surface area contributed by atoms with Crippen molar-refractivity contribution in [2.24, 2.45) is 11.8 Å². The first-order valence-electron chi connectivity index (χ1n) is 4.49. The van der Waals surface area contributed by atoms with Crippen LogP contribution in [0.15, 0.2) is 12.2 Å². The highest BCUT2D eigenvalue weighted by Crippen LogP contribution is 2.29. The van der Waals surface area contributed by atoms with E-state index in [0.717, 1.165) is 5.57 Å². The number of cyclic esters (lactones) is 1. The lowest BCUT2D eigenvalue weighted by molar-refractivity contribution is -0.173. The van der Waals surface area contributed by atoms with Gasteiger partial charge in [-0.3, -0.25) is 4.79 Å². The lowest BCUT2D eigenvalue weighted by Gasteiger charge is -2.36. The van der Waals surface area contributed by atoms with Gasteiger partial charge < -0.3 is 9.84 Å². The standard InChI is InChI=1S/C10H16O3/c1-5(2)9-6(3)8(11)7(4)10(12)13-9/h6-9,11H,1H2,2-4H3/t6-,7-,8-,9-/m1/s1. The van der Waals surface area contributed by atoms with Crippen molar-refractivity contribution in [3.63, 3.8) is 0 Å². The fraction of sp³-hybridized carbons (Fsp3) is 0.700. The zero-order valence-corrected chi connectivity index (χ0v) is 8.28. The molecule has 1 heterocycles. The maximum absolute atomic E-state index is 11.2. The molecule has 1 rings (SSSR count). The number of hydrogen-bond acceptors (Lipinski definition) is 3. The number of carbonyl (C=O) groups is 1. The van der Waals surface area contributed by atoms with Crippen molar-refractivity contribution in [1.82, 2.24) is 0 Å². The summed E-state index contributed by atoms with van der Waals surface area (Å²) in [6.07, 6.45) is -0.957. The number of hydrogen-bond donors (Lipinski definition) is 1. The lowest BCUT2D eigenvalue weighted by atomic mass is 9.84. The molecular weight excluding hydrogens is 168 g/mol. The predicted octanol–water partition coefficient (Wildman–Crippen LogP) is 1.12. The summed E-state index contributed by atoms with van der Waals surface area (Å²) in [4.78, 5) is 11.2. The second-order valence-electron chi connectivity index (χ2n) is 3.84. The molecule has 0 amide bonds. The van der Waals surface area contributed by atoms with Crippen LogP contribution in [0.1, 0.15) is 20.8 Å². The van der Waals surface area contributed by atoms with E-state index in [-0.39, 0.29) is 18.0 Å². The number of carbonyl (C=O) groups excluding carboxylic acids is 1. The largest absolute Gasteiger partial charge is 0.457 e. The van der Waals surface area contributed by atoms with Crippen LogP contribution in [-0.4, -0.2) is 23.3 Å². The zero-order chi connectivity index (χ0) is 10.2. The summed E-state index contributed by atoms with van der Waals surface area (Å²) >= 11 is 0. The van der Waals surface area contributed by atoms with E-state index >= 15 is 0 Å². The second-order valence-corrected chi connectivity index (χ2v) is 3.84. The molecule has 0 saturated carbocycles. The van der Waals surface area contributed by atoms with E-state index in [1.807, 2.05) is 6.92 Å². The summed E-state index contributed by atoms with van der Waals surface area (Å²) in [6.45, 7) is 9.08.